The number of nitrogen functional groups attached to an aromatic ring is 1. The minimum atomic E-state index is 0.568. The average Bonchev–Trinajstić information content (AvgIpc) is 2.46. The lowest BCUT2D eigenvalue weighted by Gasteiger charge is -2.04. The Hall–Kier alpha value is -2.56. The summed E-state index contributed by atoms with van der Waals surface area (Å²) in [4.78, 5) is 0. The summed E-state index contributed by atoms with van der Waals surface area (Å²) in [6.45, 7) is 0. The minimum absolute atomic E-state index is 0.568. The molecule has 0 spiro atoms. The summed E-state index contributed by atoms with van der Waals surface area (Å²) in [6, 6.07) is 12.7. The van der Waals surface area contributed by atoms with Gasteiger partial charge in [-0.1, -0.05) is 12.1 Å². The molecule has 0 bridgehead atoms. The molecule has 2 aromatic carbocycles. The number of hydrogen-bond acceptors (Lipinski definition) is 5. The van der Waals surface area contributed by atoms with Gasteiger partial charge in [-0.25, -0.2) is 0 Å². The zero-order valence-electron chi connectivity index (χ0n) is 10.8. The van der Waals surface area contributed by atoms with Crippen LogP contribution in [0.1, 0.15) is 0 Å². The largest absolute Gasteiger partial charge is 0.495 e. The third-order valence-electron chi connectivity index (χ3n) is 2.58. The SMILES string of the molecule is COc1cc(/N=N/c2ccccc2OC)ccc1N. The van der Waals surface area contributed by atoms with E-state index in [1.165, 1.54) is 0 Å². The third kappa shape index (κ3) is 3.01. The molecule has 2 N–H and O–H groups in total. The van der Waals surface area contributed by atoms with E-state index in [2.05, 4.69) is 10.2 Å². The van der Waals surface area contributed by atoms with Gasteiger partial charge in [0.05, 0.1) is 25.6 Å². The molecule has 19 heavy (non-hydrogen) atoms. The highest BCUT2D eigenvalue weighted by Crippen LogP contribution is 2.30. The van der Waals surface area contributed by atoms with Crippen molar-refractivity contribution >= 4 is 17.1 Å². The Morgan fingerprint density at radius 2 is 1.63 bits per heavy atom. The standard InChI is InChI=1S/C14H15N3O2/c1-18-13-6-4-3-5-12(13)17-16-10-7-8-11(15)14(9-10)19-2/h3-9H,15H2,1-2H3/b17-16+. The average molecular weight is 257 g/mol. The summed E-state index contributed by atoms with van der Waals surface area (Å²) in [6.07, 6.45) is 0. The molecule has 5 nitrogen and oxygen atoms in total. The highest BCUT2D eigenvalue weighted by atomic mass is 16.5. The predicted molar refractivity (Wildman–Crippen MR) is 74.6 cm³/mol. The van der Waals surface area contributed by atoms with Gasteiger partial charge in [0.2, 0.25) is 0 Å². The Labute approximate surface area is 111 Å². The monoisotopic (exact) mass is 257 g/mol. The van der Waals surface area contributed by atoms with Crippen LogP contribution in [0.3, 0.4) is 0 Å². The summed E-state index contributed by atoms with van der Waals surface area (Å²) in [5, 5.41) is 8.30. The molecule has 2 rings (SSSR count). The summed E-state index contributed by atoms with van der Waals surface area (Å²) >= 11 is 0. The fraction of sp³-hybridized carbons (Fsp3) is 0.143. The van der Waals surface area contributed by atoms with Crippen molar-refractivity contribution in [3.05, 3.63) is 42.5 Å². The zero-order chi connectivity index (χ0) is 13.7. The second kappa shape index (κ2) is 5.86. The number of rotatable bonds is 4. The van der Waals surface area contributed by atoms with E-state index in [4.69, 9.17) is 15.2 Å². The number of methoxy groups -OCH3 is 2. The van der Waals surface area contributed by atoms with E-state index in [-0.39, 0.29) is 0 Å². The topological polar surface area (TPSA) is 69.2 Å². The van der Waals surface area contributed by atoms with Gasteiger partial charge in [-0.2, -0.15) is 5.11 Å². The van der Waals surface area contributed by atoms with E-state index in [0.29, 0.717) is 28.6 Å². The van der Waals surface area contributed by atoms with Gasteiger partial charge in [-0.05, 0) is 24.3 Å². The van der Waals surface area contributed by atoms with Crippen LogP contribution in [0.4, 0.5) is 17.1 Å². The molecule has 0 aromatic heterocycles. The normalized spacial score (nSPS) is 10.6. The molecule has 0 radical (unpaired) electrons. The Kier molecular flexibility index (Phi) is 3.97. The molecular formula is C14H15N3O2. The maximum atomic E-state index is 5.74. The fourth-order valence-corrected chi connectivity index (χ4v) is 1.59. The quantitative estimate of drug-likeness (QED) is 0.670. The van der Waals surface area contributed by atoms with Crippen LogP contribution in [0.15, 0.2) is 52.7 Å². The predicted octanol–water partition coefficient (Wildman–Crippen LogP) is 3.70. The van der Waals surface area contributed by atoms with Crippen LogP contribution in [-0.4, -0.2) is 14.2 Å². The van der Waals surface area contributed by atoms with Crippen molar-refractivity contribution < 1.29 is 9.47 Å². The van der Waals surface area contributed by atoms with Crippen LogP contribution in [0.2, 0.25) is 0 Å². The Balaban J connectivity index is 2.27. The molecule has 0 atom stereocenters. The molecule has 0 aliphatic rings. The molecule has 0 fully saturated rings. The van der Waals surface area contributed by atoms with Crippen molar-refractivity contribution in [2.24, 2.45) is 10.2 Å². The summed E-state index contributed by atoms with van der Waals surface area (Å²) in [5.41, 5.74) is 7.64. The summed E-state index contributed by atoms with van der Waals surface area (Å²) in [5.74, 6) is 1.25. The molecule has 0 heterocycles. The van der Waals surface area contributed by atoms with Crippen LogP contribution in [0, 0.1) is 0 Å². The fourth-order valence-electron chi connectivity index (χ4n) is 1.59. The first-order valence-electron chi connectivity index (χ1n) is 5.73. The maximum absolute atomic E-state index is 5.74. The van der Waals surface area contributed by atoms with Gasteiger partial charge in [-0.3, -0.25) is 0 Å². The number of azo groups is 1. The highest BCUT2D eigenvalue weighted by Gasteiger charge is 2.02. The Morgan fingerprint density at radius 3 is 2.37 bits per heavy atom. The third-order valence-corrected chi connectivity index (χ3v) is 2.58. The second-order valence-corrected chi connectivity index (χ2v) is 3.80. The first-order chi connectivity index (χ1) is 9.24. The molecule has 0 amide bonds. The van der Waals surface area contributed by atoms with Gasteiger partial charge >= 0.3 is 0 Å². The Morgan fingerprint density at radius 1 is 0.895 bits per heavy atom. The number of nitrogens with zero attached hydrogens (tertiary/aromatic N) is 2. The molecule has 0 saturated heterocycles. The van der Waals surface area contributed by atoms with E-state index < -0.39 is 0 Å². The lowest BCUT2D eigenvalue weighted by Crippen LogP contribution is -1.90. The first-order valence-corrected chi connectivity index (χ1v) is 5.73. The van der Waals surface area contributed by atoms with Gasteiger partial charge in [0.1, 0.15) is 17.2 Å². The van der Waals surface area contributed by atoms with E-state index in [1.54, 1.807) is 32.4 Å². The number of hydrogen-bond donors (Lipinski definition) is 1. The summed E-state index contributed by atoms with van der Waals surface area (Å²) in [7, 11) is 3.16. The molecule has 5 heteroatoms. The van der Waals surface area contributed by atoms with Crippen LogP contribution in [0.5, 0.6) is 11.5 Å². The number of ether oxygens (including phenoxy) is 2. The lowest BCUT2D eigenvalue weighted by atomic mass is 10.2. The molecule has 0 aliphatic heterocycles. The van der Waals surface area contributed by atoms with Crippen LogP contribution < -0.4 is 15.2 Å². The maximum Gasteiger partial charge on any atom is 0.146 e. The van der Waals surface area contributed by atoms with Crippen LogP contribution in [-0.2, 0) is 0 Å². The molecule has 0 aliphatic carbocycles. The van der Waals surface area contributed by atoms with E-state index >= 15 is 0 Å². The molecule has 0 unspecified atom stereocenters. The molecule has 0 saturated carbocycles. The van der Waals surface area contributed by atoms with Gasteiger partial charge in [0, 0.05) is 6.07 Å². The van der Waals surface area contributed by atoms with E-state index in [9.17, 15) is 0 Å². The van der Waals surface area contributed by atoms with Gasteiger partial charge in [-0.15, -0.1) is 5.11 Å². The smallest absolute Gasteiger partial charge is 0.146 e. The lowest BCUT2D eigenvalue weighted by molar-refractivity contribution is 0.415. The van der Waals surface area contributed by atoms with Crippen LogP contribution in [0.25, 0.3) is 0 Å². The number of nitrogens with two attached hydrogens (primary N) is 1. The Bertz CT molecular complexity index is 597. The molecule has 98 valence electrons. The van der Waals surface area contributed by atoms with Gasteiger partial charge in [0.25, 0.3) is 0 Å². The van der Waals surface area contributed by atoms with Crippen molar-refractivity contribution in [2.45, 2.75) is 0 Å². The number of anilines is 1. The van der Waals surface area contributed by atoms with E-state index in [0.717, 1.165) is 0 Å². The zero-order valence-corrected chi connectivity index (χ0v) is 10.8. The van der Waals surface area contributed by atoms with Gasteiger partial charge < -0.3 is 15.2 Å². The highest BCUT2D eigenvalue weighted by molar-refractivity contribution is 5.59. The van der Waals surface area contributed by atoms with Crippen molar-refractivity contribution in [3.63, 3.8) is 0 Å². The number of para-hydroxylation sites is 1. The summed E-state index contributed by atoms with van der Waals surface area (Å²) < 4.78 is 10.3. The van der Waals surface area contributed by atoms with Crippen LogP contribution >= 0.6 is 0 Å². The van der Waals surface area contributed by atoms with Crippen molar-refractivity contribution in [1.82, 2.24) is 0 Å². The minimum Gasteiger partial charge on any atom is -0.495 e. The van der Waals surface area contributed by atoms with E-state index in [1.807, 2.05) is 24.3 Å². The van der Waals surface area contributed by atoms with Crippen molar-refractivity contribution in [1.29, 1.82) is 0 Å². The first kappa shape index (κ1) is 12.9. The number of benzene rings is 2. The molecule has 2 aromatic rings. The van der Waals surface area contributed by atoms with Gasteiger partial charge in [0.15, 0.2) is 0 Å². The second-order valence-electron chi connectivity index (χ2n) is 3.80. The molecular weight excluding hydrogens is 242 g/mol. The van der Waals surface area contributed by atoms with Crippen molar-refractivity contribution in [2.75, 3.05) is 20.0 Å². The van der Waals surface area contributed by atoms with Crippen molar-refractivity contribution in [3.8, 4) is 11.5 Å².